The number of carbonyl (C=O) groups is 1. The third-order valence-electron chi connectivity index (χ3n) is 3.76. The highest BCUT2D eigenvalue weighted by Gasteiger charge is 2.33. The zero-order valence-corrected chi connectivity index (χ0v) is 17.6. The molecule has 3 rings (SSSR count). The van der Waals surface area contributed by atoms with E-state index < -0.39 is 4.92 Å². The second-order valence-corrected chi connectivity index (χ2v) is 8.10. The Hall–Kier alpha value is -2.43. The molecule has 28 heavy (non-hydrogen) atoms. The molecule has 1 amide bonds. The minimum absolute atomic E-state index is 0.0163. The lowest BCUT2D eigenvalue weighted by atomic mass is 10.2. The normalized spacial score (nSPS) is 15.4. The molecule has 0 saturated carbocycles. The second kappa shape index (κ2) is 8.29. The number of aromatic hydroxyl groups is 1. The average molecular weight is 481 g/mol. The van der Waals surface area contributed by atoms with Gasteiger partial charge in [0.1, 0.15) is 0 Å². The van der Waals surface area contributed by atoms with Gasteiger partial charge in [-0.1, -0.05) is 24.0 Å². The molecule has 0 radical (unpaired) electrons. The predicted octanol–water partition coefficient (Wildman–Crippen LogP) is 4.87. The fourth-order valence-electron chi connectivity index (χ4n) is 2.51. The lowest BCUT2D eigenvalue weighted by Gasteiger charge is -2.14. The van der Waals surface area contributed by atoms with Crippen molar-refractivity contribution in [3.8, 4) is 11.5 Å². The molecule has 1 aliphatic rings. The van der Waals surface area contributed by atoms with Crippen molar-refractivity contribution in [2.45, 2.75) is 6.92 Å². The number of carbonyl (C=O) groups excluding carboxylic acids is 1. The van der Waals surface area contributed by atoms with Gasteiger partial charge in [0.25, 0.3) is 11.6 Å². The number of thiocarbonyl (C=S) groups is 1. The molecule has 7 nitrogen and oxygen atoms in total. The predicted molar refractivity (Wildman–Crippen MR) is 116 cm³/mol. The molecule has 1 fully saturated rings. The number of rotatable bonds is 5. The van der Waals surface area contributed by atoms with Crippen molar-refractivity contribution in [1.29, 1.82) is 0 Å². The molecule has 2 aromatic rings. The number of nitro groups is 1. The Kier molecular flexibility index (Phi) is 6.01. The Bertz CT molecular complexity index is 1010. The minimum Gasteiger partial charge on any atom is -0.503 e. The number of nitro benzene ring substituents is 1. The third-order valence-corrected chi connectivity index (χ3v) is 5.67. The molecule has 1 aliphatic heterocycles. The molecule has 1 saturated heterocycles. The van der Waals surface area contributed by atoms with Gasteiger partial charge < -0.3 is 9.84 Å². The molecule has 0 unspecified atom stereocenters. The molecule has 0 atom stereocenters. The highest BCUT2D eigenvalue weighted by atomic mass is 79.9. The van der Waals surface area contributed by atoms with Gasteiger partial charge in [-0.05, 0) is 58.8 Å². The van der Waals surface area contributed by atoms with Crippen LogP contribution >= 0.6 is 39.9 Å². The SMILES string of the molecule is CCOc1cc(/C=C2\SC(=S)N(c3ccc([N+](=O)[O-])cc3)C2=O)cc(Br)c1O. The van der Waals surface area contributed by atoms with E-state index in [0.29, 0.717) is 37.3 Å². The summed E-state index contributed by atoms with van der Waals surface area (Å²) in [5.74, 6) is -0.0441. The second-order valence-electron chi connectivity index (χ2n) is 5.57. The van der Waals surface area contributed by atoms with Crippen LogP contribution < -0.4 is 9.64 Å². The fraction of sp³-hybridized carbons (Fsp3) is 0.111. The number of phenolic OH excluding ortho intramolecular Hbond substituents is 1. The van der Waals surface area contributed by atoms with E-state index >= 15 is 0 Å². The van der Waals surface area contributed by atoms with Crippen molar-refractivity contribution in [2.75, 3.05) is 11.5 Å². The Balaban J connectivity index is 1.92. The van der Waals surface area contributed by atoms with Crippen LogP contribution in [0.15, 0.2) is 45.8 Å². The van der Waals surface area contributed by atoms with Gasteiger partial charge in [0, 0.05) is 12.1 Å². The van der Waals surface area contributed by atoms with Crippen LogP contribution in [0.5, 0.6) is 11.5 Å². The minimum atomic E-state index is -0.507. The van der Waals surface area contributed by atoms with Crippen LogP contribution in [0.2, 0.25) is 0 Å². The van der Waals surface area contributed by atoms with Gasteiger partial charge in [-0.3, -0.25) is 19.8 Å². The quantitative estimate of drug-likeness (QED) is 0.282. The van der Waals surface area contributed by atoms with Gasteiger partial charge in [-0.2, -0.15) is 0 Å². The van der Waals surface area contributed by atoms with Crippen LogP contribution in [0.25, 0.3) is 6.08 Å². The highest BCUT2D eigenvalue weighted by molar-refractivity contribution is 9.10. The Morgan fingerprint density at radius 3 is 2.64 bits per heavy atom. The van der Waals surface area contributed by atoms with Gasteiger partial charge in [0.15, 0.2) is 15.8 Å². The van der Waals surface area contributed by atoms with Crippen molar-refractivity contribution in [1.82, 2.24) is 0 Å². The maximum Gasteiger partial charge on any atom is 0.270 e. The summed E-state index contributed by atoms with van der Waals surface area (Å²) >= 11 is 9.71. The maximum absolute atomic E-state index is 12.8. The van der Waals surface area contributed by atoms with Gasteiger partial charge in [-0.15, -0.1) is 0 Å². The Morgan fingerprint density at radius 1 is 1.36 bits per heavy atom. The third kappa shape index (κ3) is 4.03. The number of amides is 1. The van der Waals surface area contributed by atoms with E-state index in [1.807, 2.05) is 0 Å². The number of anilines is 1. The number of non-ortho nitro benzene ring substituents is 1. The van der Waals surface area contributed by atoms with Gasteiger partial charge in [0.05, 0.1) is 26.6 Å². The number of thioether (sulfide) groups is 1. The lowest BCUT2D eigenvalue weighted by molar-refractivity contribution is -0.384. The molecule has 10 heteroatoms. The zero-order valence-electron chi connectivity index (χ0n) is 14.4. The molecule has 2 aromatic carbocycles. The summed E-state index contributed by atoms with van der Waals surface area (Å²) in [4.78, 5) is 24.8. The van der Waals surface area contributed by atoms with Gasteiger partial charge >= 0.3 is 0 Å². The van der Waals surface area contributed by atoms with Crippen LogP contribution in [-0.2, 0) is 4.79 Å². The van der Waals surface area contributed by atoms with Crippen LogP contribution in [0, 0.1) is 10.1 Å². The van der Waals surface area contributed by atoms with Crippen LogP contribution in [-0.4, -0.2) is 26.9 Å². The number of hydrogen-bond acceptors (Lipinski definition) is 7. The molecular formula is C18H13BrN2O5S2. The first-order valence-corrected chi connectivity index (χ1v) is 10.0. The number of ether oxygens (including phenoxy) is 1. The summed E-state index contributed by atoms with van der Waals surface area (Å²) in [6, 6.07) is 8.90. The molecule has 144 valence electrons. The van der Waals surface area contributed by atoms with E-state index in [0.717, 1.165) is 11.8 Å². The van der Waals surface area contributed by atoms with Crippen molar-refractivity contribution in [3.05, 3.63) is 61.5 Å². The van der Waals surface area contributed by atoms with Crippen LogP contribution in [0.1, 0.15) is 12.5 Å². The van der Waals surface area contributed by atoms with Crippen LogP contribution in [0.4, 0.5) is 11.4 Å². The molecule has 0 spiro atoms. The summed E-state index contributed by atoms with van der Waals surface area (Å²) in [5.41, 5.74) is 1.04. The van der Waals surface area contributed by atoms with Crippen molar-refractivity contribution in [2.24, 2.45) is 0 Å². The smallest absolute Gasteiger partial charge is 0.270 e. The first-order valence-electron chi connectivity index (χ1n) is 7.99. The van der Waals surface area contributed by atoms with Gasteiger partial charge in [0.2, 0.25) is 0 Å². The first-order chi connectivity index (χ1) is 13.3. The topological polar surface area (TPSA) is 92.9 Å². The largest absolute Gasteiger partial charge is 0.503 e. The summed E-state index contributed by atoms with van der Waals surface area (Å²) in [5, 5.41) is 20.8. The van der Waals surface area contributed by atoms with Crippen molar-refractivity contribution < 1.29 is 19.6 Å². The van der Waals surface area contributed by atoms with E-state index in [2.05, 4.69) is 15.9 Å². The van der Waals surface area contributed by atoms with E-state index in [1.54, 1.807) is 25.1 Å². The first kappa shape index (κ1) is 20.3. The zero-order chi connectivity index (χ0) is 20.4. The number of hydrogen-bond donors (Lipinski definition) is 1. The summed E-state index contributed by atoms with van der Waals surface area (Å²) in [7, 11) is 0. The van der Waals surface area contributed by atoms with Gasteiger partial charge in [-0.25, -0.2) is 0 Å². The fourth-order valence-corrected chi connectivity index (χ4v) is 4.27. The average Bonchev–Trinajstić information content (AvgIpc) is 2.93. The summed E-state index contributed by atoms with van der Waals surface area (Å²) < 4.78 is 6.17. The Morgan fingerprint density at radius 2 is 2.04 bits per heavy atom. The molecule has 0 aromatic heterocycles. The van der Waals surface area contributed by atoms with Crippen molar-refractivity contribution in [3.63, 3.8) is 0 Å². The van der Waals surface area contributed by atoms with E-state index in [1.165, 1.54) is 29.2 Å². The van der Waals surface area contributed by atoms with Crippen LogP contribution in [0.3, 0.4) is 0 Å². The number of halogens is 1. The molecule has 1 heterocycles. The Labute approximate surface area is 178 Å². The van der Waals surface area contributed by atoms with E-state index in [-0.39, 0.29) is 17.3 Å². The molecule has 0 bridgehead atoms. The summed E-state index contributed by atoms with van der Waals surface area (Å²) in [6.07, 6.45) is 1.65. The standard InChI is InChI=1S/C18H13BrN2O5S2/c1-2-26-14-8-10(7-13(19)16(14)22)9-15-17(23)20(18(27)28-15)11-3-5-12(6-4-11)21(24)25/h3-9,22H,2H2,1H3/b15-9-. The lowest BCUT2D eigenvalue weighted by Crippen LogP contribution is -2.27. The monoisotopic (exact) mass is 480 g/mol. The maximum atomic E-state index is 12.8. The molecule has 0 aliphatic carbocycles. The summed E-state index contributed by atoms with van der Waals surface area (Å²) in [6.45, 7) is 2.18. The highest BCUT2D eigenvalue weighted by Crippen LogP contribution is 2.39. The van der Waals surface area contributed by atoms with E-state index in [4.69, 9.17) is 17.0 Å². The number of benzene rings is 2. The van der Waals surface area contributed by atoms with Crippen molar-refractivity contribution >= 4 is 67.6 Å². The molecule has 1 N–H and O–H groups in total. The van der Waals surface area contributed by atoms with E-state index in [9.17, 15) is 20.0 Å². The number of nitrogens with zero attached hydrogens (tertiary/aromatic N) is 2. The molecular weight excluding hydrogens is 468 g/mol. The number of phenols is 1.